The van der Waals surface area contributed by atoms with Gasteiger partial charge in [-0.05, 0) is 35.2 Å². The van der Waals surface area contributed by atoms with Crippen LogP contribution in [0.15, 0.2) is 10.7 Å². The van der Waals surface area contributed by atoms with Crippen molar-refractivity contribution >= 4 is 21.7 Å². The molecule has 1 aromatic heterocycles. The Balaban J connectivity index is 2.02. The van der Waals surface area contributed by atoms with Gasteiger partial charge in [0.1, 0.15) is 16.2 Å². The van der Waals surface area contributed by atoms with Gasteiger partial charge in [-0.15, -0.1) is 0 Å². The van der Waals surface area contributed by atoms with E-state index in [9.17, 15) is 0 Å². The summed E-state index contributed by atoms with van der Waals surface area (Å²) in [6, 6.07) is 1.96. The summed E-state index contributed by atoms with van der Waals surface area (Å²) < 4.78 is 6.61. The highest BCUT2D eigenvalue weighted by Crippen LogP contribution is 2.19. The average molecular weight is 314 g/mol. The molecule has 5 heteroatoms. The number of halogens is 1. The summed E-state index contributed by atoms with van der Waals surface area (Å²) in [5, 5.41) is 0. The number of hydrogen-bond acceptors (Lipinski definition) is 4. The third kappa shape index (κ3) is 3.65. The first kappa shape index (κ1) is 13.7. The molecule has 0 bridgehead atoms. The number of aromatic nitrogens is 2. The van der Waals surface area contributed by atoms with E-state index in [1.165, 1.54) is 12.8 Å². The highest BCUT2D eigenvalue weighted by atomic mass is 79.9. The lowest BCUT2D eigenvalue weighted by Gasteiger charge is -2.28. The number of rotatable bonds is 4. The number of ether oxygens (including phenoxy) is 1. The Bertz CT molecular complexity index is 394. The van der Waals surface area contributed by atoms with Crippen LogP contribution < -0.4 is 4.90 Å². The van der Waals surface area contributed by atoms with E-state index in [1.54, 1.807) is 0 Å². The minimum absolute atomic E-state index is 0.336. The van der Waals surface area contributed by atoms with Crippen molar-refractivity contribution in [3.8, 4) is 0 Å². The van der Waals surface area contributed by atoms with Gasteiger partial charge in [0.25, 0.3) is 0 Å². The molecule has 1 fully saturated rings. The Morgan fingerprint density at radius 1 is 1.44 bits per heavy atom. The third-order valence-corrected chi connectivity index (χ3v) is 3.59. The van der Waals surface area contributed by atoms with Crippen molar-refractivity contribution in [1.29, 1.82) is 0 Å². The predicted octanol–water partition coefficient (Wildman–Crippen LogP) is 2.81. The van der Waals surface area contributed by atoms with Gasteiger partial charge < -0.3 is 9.64 Å². The normalized spacial score (nSPS) is 19.8. The van der Waals surface area contributed by atoms with E-state index in [1.807, 2.05) is 6.07 Å². The summed E-state index contributed by atoms with van der Waals surface area (Å²) >= 11 is 3.44. The maximum atomic E-state index is 5.76. The van der Waals surface area contributed by atoms with Crippen molar-refractivity contribution in [2.75, 3.05) is 25.1 Å². The fourth-order valence-corrected chi connectivity index (χ4v) is 2.57. The molecule has 18 heavy (non-hydrogen) atoms. The number of likely N-dealkylation sites (N-methyl/N-ethyl adjacent to an activating group) is 1. The smallest absolute Gasteiger partial charge is 0.133 e. The zero-order valence-electron chi connectivity index (χ0n) is 11.0. The topological polar surface area (TPSA) is 38.2 Å². The lowest BCUT2D eigenvalue weighted by Crippen LogP contribution is -2.33. The molecule has 2 rings (SSSR count). The van der Waals surface area contributed by atoms with Gasteiger partial charge in [0, 0.05) is 32.7 Å². The maximum absolute atomic E-state index is 5.76. The third-order valence-electron chi connectivity index (χ3n) is 3.19. The second-order valence-electron chi connectivity index (χ2n) is 4.69. The molecule has 100 valence electrons. The van der Waals surface area contributed by atoms with Crippen LogP contribution in [0.2, 0.25) is 0 Å². The number of nitrogens with zero attached hydrogens (tertiary/aromatic N) is 3. The van der Waals surface area contributed by atoms with E-state index in [0.29, 0.717) is 6.10 Å². The minimum Gasteiger partial charge on any atom is -0.376 e. The first-order valence-electron chi connectivity index (χ1n) is 6.55. The molecule has 0 aliphatic carbocycles. The standard InChI is InChI=1S/C13H20BrN3O/c1-3-12-15-11(14)8-13(16-12)17(2)9-10-6-4-5-7-18-10/h8,10H,3-7,9H2,1-2H3. The fraction of sp³-hybridized carbons (Fsp3) is 0.692. The highest BCUT2D eigenvalue weighted by molar-refractivity contribution is 9.10. The van der Waals surface area contributed by atoms with E-state index in [-0.39, 0.29) is 0 Å². The molecule has 1 aliphatic rings. The van der Waals surface area contributed by atoms with E-state index in [4.69, 9.17) is 4.74 Å². The molecule has 0 N–H and O–H groups in total. The lowest BCUT2D eigenvalue weighted by molar-refractivity contribution is 0.0215. The highest BCUT2D eigenvalue weighted by Gasteiger charge is 2.17. The molecule has 4 nitrogen and oxygen atoms in total. The fourth-order valence-electron chi connectivity index (χ4n) is 2.16. The largest absolute Gasteiger partial charge is 0.376 e. The van der Waals surface area contributed by atoms with Crippen LogP contribution in [0.5, 0.6) is 0 Å². The molecule has 0 amide bonds. The molecule has 0 radical (unpaired) electrons. The molecule has 1 saturated heterocycles. The second-order valence-corrected chi connectivity index (χ2v) is 5.50. The zero-order chi connectivity index (χ0) is 13.0. The summed E-state index contributed by atoms with van der Waals surface area (Å²) in [5.74, 6) is 1.83. The van der Waals surface area contributed by atoms with Crippen molar-refractivity contribution in [3.63, 3.8) is 0 Å². The summed E-state index contributed by atoms with van der Waals surface area (Å²) in [5.41, 5.74) is 0. The monoisotopic (exact) mass is 313 g/mol. The summed E-state index contributed by atoms with van der Waals surface area (Å²) in [4.78, 5) is 11.0. The maximum Gasteiger partial charge on any atom is 0.133 e. The number of hydrogen-bond donors (Lipinski definition) is 0. The van der Waals surface area contributed by atoms with Gasteiger partial charge >= 0.3 is 0 Å². The van der Waals surface area contributed by atoms with E-state index in [0.717, 1.165) is 42.2 Å². The first-order valence-corrected chi connectivity index (χ1v) is 7.34. The summed E-state index contributed by atoms with van der Waals surface area (Å²) in [6.45, 7) is 3.86. The molecular formula is C13H20BrN3O. The Hall–Kier alpha value is -0.680. The Morgan fingerprint density at radius 3 is 2.94 bits per heavy atom. The molecule has 1 unspecified atom stereocenters. The van der Waals surface area contributed by atoms with Crippen molar-refractivity contribution < 1.29 is 4.74 Å². The molecule has 1 aliphatic heterocycles. The van der Waals surface area contributed by atoms with E-state index < -0.39 is 0 Å². The van der Waals surface area contributed by atoms with Crippen LogP contribution in [0, 0.1) is 0 Å². The SMILES string of the molecule is CCc1nc(Br)cc(N(C)CC2CCCCO2)n1. The van der Waals surface area contributed by atoms with Crippen molar-refractivity contribution in [3.05, 3.63) is 16.5 Å². The Kier molecular flexibility index (Phi) is 4.95. The average Bonchev–Trinajstić information content (AvgIpc) is 2.39. The van der Waals surface area contributed by atoms with Gasteiger partial charge in [-0.2, -0.15) is 0 Å². The van der Waals surface area contributed by atoms with Crippen LogP contribution >= 0.6 is 15.9 Å². The lowest BCUT2D eigenvalue weighted by atomic mass is 10.1. The van der Waals surface area contributed by atoms with Gasteiger partial charge in [-0.1, -0.05) is 6.92 Å². The Labute approximate surface area is 117 Å². The number of aryl methyl sites for hydroxylation is 1. The van der Waals surface area contributed by atoms with Gasteiger partial charge in [0.05, 0.1) is 6.10 Å². The Morgan fingerprint density at radius 2 is 2.28 bits per heavy atom. The minimum atomic E-state index is 0.336. The van der Waals surface area contributed by atoms with Gasteiger partial charge in [0.15, 0.2) is 0 Å². The van der Waals surface area contributed by atoms with Gasteiger partial charge in [-0.3, -0.25) is 0 Å². The van der Waals surface area contributed by atoms with E-state index in [2.05, 4.69) is 44.8 Å². The molecule has 1 atom stereocenters. The predicted molar refractivity (Wildman–Crippen MR) is 76.0 cm³/mol. The van der Waals surface area contributed by atoms with Crippen molar-refractivity contribution in [2.24, 2.45) is 0 Å². The zero-order valence-corrected chi connectivity index (χ0v) is 12.6. The molecule has 1 aromatic rings. The van der Waals surface area contributed by atoms with Crippen molar-refractivity contribution in [1.82, 2.24) is 9.97 Å². The molecular weight excluding hydrogens is 294 g/mol. The van der Waals surface area contributed by atoms with E-state index >= 15 is 0 Å². The summed E-state index contributed by atoms with van der Waals surface area (Å²) in [7, 11) is 2.06. The van der Waals surface area contributed by atoms with Crippen LogP contribution in [0.4, 0.5) is 5.82 Å². The van der Waals surface area contributed by atoms with Gasteiger partial charge in [-0.25, -0.2) is 9.97 Å². The van der Waals surface area contributed by atoms with Crippen LogP contribution in [-0.2, 0) is 11.2 Å². The second kappa shape index (κ2) is 6.48. The number of anilines is 1. The van der Waals surface area contributed by atoms with Crippen molar-refractivity contribution in [2.45, 2.75) is 38.7 Å². The first-order chi connectivity index (χ1) is 8.69. The van der Waals surface area contributed by atoms with Crippen LogP contribution in [-0.4, -0.2) is 36.3 Å². The quantitative estimate of drug-likeness (QED) is 0.801. The summed E-state index contributed by atoms with van der Waals surface area (Å²) in [6.07, 6.45) is 4.80. The molecule has 0 spiro atoms. The molecule has 2 heterocycles. The van der Waals surface area contributed by atoms with Crippen LogP contribution in [0.25, 0.3) is 0 Å². The van der Waals surface area contributed by atoms with Crippen LogP contribution in [0.1, 0.15) is 32.0 Å². The molecule has 0 saturated carbocycles. The van der Waals surface area contributed by atoms with Gasteiger partial charge in [0.2, 0.25) is 0 Å². The molecule has 0 aromatic carbocycles. The van der Waals surface area contributed by atoms with Crippen LogP contribution in [0.3, 0.4) is 0 Å².